The predicted molar refractivity (Wildman–Crippen MR) is 91.3 cm³/mol. The molecule has 0 aliphatic rings. The van der Waals surface area contributed by atoms with Crippen LogP contribution in [-0.4, -0.2) is 16.5 Å². The Morgan fingerprint density at radius 3 is 2.68 bits per heavy atom. The quantitative estimate of drug-likeness (QED) is 0.763. The summed E-state index contributed by atoms with van der Waals surface area (Å²) in [6, 6.07) is 10.7. The molecule has 0 aliphatic carbocycles. The van der Waals surface area contributed by atoms with Crippen molar-refractivity contribution in [3.63, 3.8) is 0 Å². The third-order valence-corrected chi connectivity index (χ3v) is 3.40. The zero-order chi connectivity index (χ0) is 16.1. The van der Waals surface area contributed by atoms with Gasteiger partial charge in [0.05, 0.1) is 0 Å². The van der Waals surface area contributed by atoms with E-state index < -0.39 is 0 Å². The summed E-state index contributed by atoms with van der Waals surface area (Å²) in [5.41, 5.74) is 1.35. The third-order valence-electron chi connectivity index (χ3n) is 2.83. The average molecular weight is 335 g/mol. The maximum atomic E-state index is 12.3. The number of carbonyl (C=O) groups excluding carboxylic acids is 1. The summed E-state index contributed by atoms with van der Waals surface area (Å²) in [5, 5.41) is 1.06. The maximum Gasteiger partial charge on any atom is 0.256 e. The molecule has 0 saturated heterocycles. The molecule has 0 bridgehead atoms. The van der Waals surface area contributed by atoms with E-state index in [2.05, 4.69) is 4.99 Å². The largest absolute Gasteiger partial charge is 0.269 e. The number of nitrogens with zero attached hydrogens (tertiary/aromatic N) is 2. The van der Waals surface area contributed by atoms with Crippen molar-refractivity contribution in [1.82, 2.24) is 4.57 Å². The van der Waals surface area contributed by atoms with Gasteiger partial charge in [0.1, 0.15) is 5.49 Å². The van der Waals surface area contributed by atoms with Gasteiger partial charge in [-0.1, -0.05) is 35.3 Å². The van der Waals surface area contributed by atoms with E-state index in [1.807, 2.05) is 19.9 Å². The van der Waals surface area contributed by atoms with Crippen molar-refractivity contribution in [2.24, 2.45) is 4.99 Å². The number of carbonyl (C=O) groups is 1. The smallest absolute Gasteiger partial charge is 0.256 e. The van der Waals surface area contributed by atoms with Gasteiger partial charge in [-0.2, -0.15) is 0 Å². The van der Waals surface area contributed by atoms with E-state index >= 15 is 0 Å². The van der Waals surface area contributed by atoms with Crippen LogP contribution in [0.15, 0.2) is 53.7 Å². The first-order valence-electron chi connectivity index (χ1n) is 6.86. The topological polar surface area (TPSA) is 34.4 Å². The minimum Gasteiger partial charge on any atom is -0.269 e. The molecule has 0 unspecified atom stereocenters. The molecule has 0 fully saturated rings. The summed E-state index contributed by atoms with van der Waals surface area (Å²) < 4.78 is 1.50. The van der Waals surface area contributed by atoms with Crippen LogP contribution in [-0.2, 0) is 0 Å². The molecule has 0 amide bonds. The standard InChI is InChI=1S/C17H16Cl2N2O/c1-12(2)20-16-5-3-4-10-21(16)17(22)9-7-13-6-8-14(18)11-15(13)19/h3-12H,1-2H3. The fourth-order valence-corrected chi connectivity index (χ4v) is 2.34. The molecular weight excluding hydrogens is 319 g/mol. The number of hydrogen-bond acceptors (Lipinski definition) is 2. The lowest BCUT2D eigenvalue weighted by molar-refractivity contribution is 0.0964. The van der Waals surface area contributed by atoms with Gasteiger partial charge in [-0.15, -0.1) is 0 Å². The molecule has 5 heteroatoms. The van der Waals surface area contributed by atoms with E-state index in [0.29, 0.717) is 15.5 Å². The van der Waals surface area contributed by atoms with Crippen LogP contribution < -0.4 is 5.49 Å². The van der Waals surface area contributed by atoms with Crippen LogP contribution in [0.5, 0.6) is 0 Å². The van der Waals surface area contributed by atoms with E-state index in [1.165, 1.54) is 10.6 Å². The second-order valence-electron chi connectivity index (χ2n) is 4.99. The fourth-order valence-electron chi connectivity index (χ4n) is 1.87. The highest BCUT2D eigenvalue weighted by Gasteiger charge is 2.03. The molecule has 0 spiro atoms. The minimum atomic E-state index is -0.189. The second kappa shape index (κ2) is 7.43. The minimum absolute atomic E-state index is 0.108. The van der Waals surface area contributed by atoms with Crippen molar-refractivity contribution in [3.05, 3.63) is 69.8 Å². The van der Waals surface area contributed by atoms with Crippen molar-refractivity contribution in [2.75, 3.05) is 0 Å². The lowest BCUT2D eigenvalue weighted by Crippen LogP contribution is -2.26. The number of benzene rings is 1. The number of pyridine rings is 1. The highest BCUT2D eigenvalue weighted by atomic mass is 35.5. The van der Waals surface area contributed by atoms with E-state index in [9.17, 15) is 4.79 Å². The first-order valence-corrected chi connectivity index (χ1v) is 7.62. The molecule has 0 N–H and O–H groups in total. The molecule has 0 radical (unpaired) electrons. The van der Waals surface area contributed by atoms with Gasteiger partial charge >= 0.3 is 0 Å². The van der Waals surface area contributed by atoms with E-state index in [4.69, 9.17) is 23.2 Å². The van der Waals surface area contributed by atoms with Gasteiger partial charge in [0.25, 0.3) is 5.91 Å². The summed E-state index contributed by atoms with van der Waals surface area (Å²) in [5.74, 6) is -0.189. The van der Waals surface area contributed by atoms with Crippen molar-refractivity contribution in [1.29, 1.82) is 0 Å². The van der Waals surface area contributed by atoms with Gasteiger partial charge in [0.15, 0.2) is 0 Å². The van der Waals surface area contributed by atoms with Crippen LogP contribution in [0.1, 0.15) is 24.2 Å². The Kier molecular flexibility index (Phi) is 5.58. The Balaban J connectivity index is 2.32. The molecule has 0 atom stereocenters. The summed E-state index contributed by atoms with van der Waals surface area (Å²) in [6.07, 6.45) is 4.83. The van der Waals surface area contributed by atoms with Gasteiger partial charge < -0.3 is 0 Å². The van der Waals surface area contributed by atoms with Crippen molar-refractivity contribution in [3.8, 4) is 0 Å². The van der Waals surface area contributed by atoms with Crippen LogP contribution in [0, 0.1) is 0 Å². The van der Waals surface area contributed by atoms with Crippen LogP contribution in [0.25, 0.3) is 6.08 Å². The monoisotopic (exact) mass is 334 g/mol. The third kappa shape index (κ3) is 4.33. The number of hydrogen-bond donors (Lipinski definition) is 0. The SMILES string of the molecule is CC(C)N=c1ccccn1C(=O)C=Cc1ccc(Cl)cc1Cl. The zero-order valence-corrected chi connectivity index (χ0v) is 13.8. The Morgan fingerprint density at radius 1 is 1.23 bits per heavy atom. The Morgan fingerprint density at radius 2 is 2.00 bits per heavy atom. The van der Waals surface area contributed by atoms with Gasteiger partial charge in [-0.3, -0.25) is 14.4 Å². The average Bonchev–Trinajstić information content (AvgIpc) is 2.46. The number of allylic oxidation sites excluding steroid dienone is 1. The number of aromatic nitrogens is 1. The van der Waals surface area contributed by atoms with Gasteiger partial charge in [-0.25, -0.2) is 0 Å². The molecule has 1 aromatic carbocycles. The van der Waals surface area contributed by atoms with Gasteiger partial charge in [0.2, 0.25) is 0 Å². The molecule has 2 aromatic rings. The molecule has 1 heterocycles. The molecule has 22 heavy (non-hydrogen) atoms. The lowest BCUT2D eigenvalue weighted by Gasteiger charge is -2.04. The van der Waals surface area contributed by atoms with Crippen LogP contribution >= 0.6 is 23.2 Å². The molecule has 3 nitrogen and oxygen atoms in total. The predicted octanol–water partition coefficient (Wildman–Crippen LogP) is 4.46. The highest BCUT2D eigenvalue weighted by Crippen LogP contribution is 2.21. The van der Waals surface area contributed by atoms with E-state index in [1.54, 1.807) is 42.6 Å². The molecule has 1 aromatic heterocycles. The zero-order valence-electron chi connectivity index (χ0n) is 12.3. The van der Waals surface area contributed by atoms with Crippen LogP contribution in [0.3, 0.4) is 0 Å². The molecular formula is C17H16Cl2N2O. The summed E-state index contributed by atoms with van der Waals surface area (Å²) in [6.45, 7) is 3.93. The van der Waals surface area contributed by atoms with E-state index in [-0.39, 0.29) is 11.9 Å². The van der Waals surface area contributed by atoms with Crippen molar-refractivity contribution >= 4 is 35.2 Å². The number of rotatable bonds is 3. The fraction of sp³-hybridized carbons (Fsp3) is 0.176. The Bertz CT molecular complexity index is 776. The van der Waals surface area contributed by atoms with E-state index in [0.717, 1.165) is 5.56 Å². The highest BCUT2D eigenvalue weighted by molar-refractivity contribution is 6.35. The number of halogens is 2. The maximum absolute atomic E-state index is 12.3. The Hall–Kier alpha value is -1.84. The molecule has 114 valence electrons. The van der Waals surface area contributed by atoms with Crippen molar-refractivity contribution < 1.29 is 4.79 Å². The van der Waals surface area contributed by atoms with Gasteiger partial charge in [-0.05, 0) is 49.8 Å². The molecule has 2 rings (SSSR count). The van der Waals surface area contributed by atoms with Crippen LogP contribution in [0.2, 0.25) is 10.0 Å². The molecule has 0 saturated carbocycles. The summed E-state index contributed by atoms with van der Waals surface area (Å²) in [4.78, 5) is 16.8. The summed E-state index contributed by atoms with van der Waals surface area (Å²) in [7, 11) is 0. The summed E-state index contributed by atoms with van der Waals surface area (Å²) >= 11 is 11.9. The second-order valence-corrected chi connectivity index (χ2v) is 5.83. The first-order chi connectivity index (χ1) is 10.5. The lowest BCUT2D eigenvalue weighted by atomic mass is 10.2. The van der Waals surface area contributed by atoms with Gasteiger partial charge in [0, 0.05) is 28.4 Å². The normalized spacial score (nSPS) is 12.3. The van der Waals surface area contributed by atoms with Crippen molar-refractivity contribution in [2.45, 2.75) is 19.9 Å². The van der Waals surface area contributed by atoms with Crippen LogP contribution in [0.4, 0.5) is 0 Å². The molecule has 0 aliphatic heterocycles. The Labute approximate surface area is 139 Å². The first kappa shape index (κ1) is 16.5.